The molecule has 1 unspecified atom stereocenters. The molecule has 3 heteroatoms. The molecule has 0 aromatic carbocycles. The van der Waals surface area contributed by atoms with Crippen LogP contribution in [0.3, 0.4) is 0 Å². The quantitative estimate of drug-likeness (QED) is 0.546. The second-order valence-electron chi connectivity index (χ2n) is 3.72. The van der Waals surface area contributed by atoms with Crippen molar-refractivity contribution in [2.24, 2.45) is 5.73 Å². The molecule has 0 saturated heterocycles. The van der Waals surface area contributed by atoms with Crippen LogP contribution < -0.4 is 5.73 Å². The molecule has 0 fully saturated rings. The van der Waals surface area contributed by atoms with E-state index in [1.54, 1.807) is 6.08 Å². The zero-order valence-electron chi connectivity index (χ0n) is 10.4. The predicted molar refractivity (Wildman–Crippen MR) is 71.3 cm³/mol. The normalized spacial score (nSPS) is 14.8. The van der Waals surface area contributed by atoms with Crippen molar-refractivity contribution in [3.05, 3.63) is 35.1 Å². The number of hydrogen-bond donors (Lipinski definition) is 1. The van der Waals surface area contributed by atoms with Crippen molar-refractivity contribution in [1.82, 2.24) is 0 Å². The average Bonchev–Trinajstić information content (AvgIpc) is 2.25. The third-order valence-corrected chi connectivity index (χ3v) is 2.41. The minimum Gasteiger partial charge on any atom is -0.490 e. The van der Waals surface area contributed by atoms with Gasteiger partial charge in [-0.25, -0.2) is 0 Å². The van der Waals surface area contributed by atoms with Gasteiger partial charge in [-0.2, -0.15) is 0 Å². The molecule has 2 N–H and O–H groups in total. The first-order valence-corrected chi connectivity index (χ1v) is 6.01. The van der Waals surface area contributed by atoms with E-state index in [1.165, 1.54) is 0 Å². The molecule has 1 atom stereocenters. The van der Waals surface area contributed by atoms with Crippen LogP contribution in [-0.4, -0.2) is 12.6 Å². The van der Waals surface area contributed by atoms with E-state index in [-0.39, 0.29) is 6.10 Å². The Balaban J connectivity index is 4.51. The highest BCUT2D eigenvalue weighted by atomic mass is 35.5. The van der Waals surface area contributed by atoms with Gasteiger partial charge in [0.25, 0.3) is 0 Å². The van der Waals surface area contributed by atoms with Gasteiger partial charge in [0.1, 0.15) is 5.76 Å². The Hall–Kier alpha value is -0.730. The minimum atomic E-state index is 0.171. The van der Waals surface area contributed by atoms with E-state index >= 15 is 0 Å². The van der Waals surface area contributed by atoms with Crippen LogP contribution in [-0.2, 0) is 4.74 Å². The summed E-state index contributed by atoms with van der Waals surface area (Å²) in [6.45, 7) is 10.2. The van der Waals surface area contributed by atoms with Gasteiger partial charge in [-0.15, -0.1) is 0 Å². The smallest absolute Gasteiger partial charge is 0.134 e. The molecule has 2 nitrogen and oxygen atoms in total. The van der Waals surface area contributed by atoms with E-state index < -0.39 is 0 Å². The molecule has 0 spiro atoms. The fraction of sp³-hybridized carbons (Fsp3) is 0.538. The van der Waals surface area contributed by atoms with Crippen LogP contribution in [0.1, 0.15) is 33.6 Å². The molecule has 0 aliphatic heterocycles. The molecule has 0 heterocycles. The Morgan fingerprint density at radius 3 is 2.62 bits per heavy atom. The zero-order chi connectivity index (χ0) is 12.6. The molecule has 16 heavy (non-hydrogen) atoms. The van der Waals surface area contributed by atoms with Gasteiger partial charge in [-0.3, -0.25) is 0 Å². The highest BCUT2D eigenvalue weighted by molar-refractivity contribution is 6.31. The minimum absolute atomic E-state index is 0.171. The van der Waals surface area contributed by atoms with Crippen LogP contribution in [0.4, 0.5) is 0 Å². The first kappa shape index (κ1) is 15.3. The van der Waals surface area contributed by atoms with Crippen LogP contribution >= 0.6 is 11.6 Å². The van der Waals surface area contributed by atoms with Crippen molar-refractivity contribution >= 4 is 11.6 Å². The van der Waals surface area contributed by atoms with E-state index in [2.05, 4.69) is 13.5 Å². The van der Waals surface area contributed by atoms with Gasteiger partial charge >= 0.3 is 0 Å². The second kappa shape index (κ2) is 8.43. The van der Waals surface area contributed by atoms with Crippen LogP contribution in [0.25, 0.3) is 0 Å². The first-order chi connectivity index (χ1) is 7.54. The first-order valence-electron chi connectivity index (χ1n) is 5.63. The van der Waals surface area contributed by atoms with Crippen LogP contribution in [0, 0.1) is 0 Å². The SMILES string of the molecule is C=C(/C=C(Cl)\C(=C/C)OC(C)CCC)CN. The lowest BCUT2D eigenvalue weighted by Crippen LogP contribution is -2.08. The van der Waals surface area contributed by atoms with Crippen LogP contribution in [0.2, 0.25) is 0 Å². The topological polar surface area (TPSA) is 35.2 Å². The van der Waals surface area contributed by atoms with Crippen LogP contribution in [0.5, 0.6) is 0 Å². The molecule has 0 amide bonds. The number of rotatable bonds is 7. The Morgan fingerprint density at radius 1 is 1.56 bits per heavy atom. The van der Waals surface area contributed by atoms with Gasteiger partial charge in [-0.1, -0.05) is 31.5 Å². The maximum atomic E-state index is 6.12. The summed E-state index contributed by atoms with van der Waals surface area (Å²) in [5.74, 6) is 0.692. The maximum absolute atomic E-state index is 6.12. The standard InChI is InChI=1S/C13H22ClNO/c1-5-7-11(4)16-13(6-2)12(14)8-10(3)9-15/h6,8,11H,3,5,7,9,15H2,1-2,4H3/b12-8+,13-6+. The van der Waals surface area contributed by atoms with Gasteiger partial charge in [0, 0.05) is 6.54 Å². The van der Waals surface area contributed by atoms with E-state index in [0.29, 0.717) is 17.3 Å². The third-order valence-electron chi connectivity index (χ3n) is 2.11. The molecule has 0 aromatic heterocycles. The van der Waals surface area contributed by atoms with Crippen molar-refractivity contribution in [3.63, 3.8) is 0 Å². The largest absolute Gasteiger partial charge is 0.490 e. The third kappa shape index (κ3) is 5.99. The molecule has 92 valence electrons. The Kier molecular flexibility index (Phi) is 8.04. The van der Waals surface area contributed by atoms with Gasteiger partial charge in [0.05, 0.1) is 11.1 Å². The molecule has 0 radical (unpaired) electrons. The maximum Gasteiger partial charge on any atom is 0.134 e. The summed E-state index contributed by atoms with van der Waals surface area (Å²) in [7, 11) is 0. The molecule has 0 aromatic rings. The van der Waals surface area contributed by atoms with Crippen LogP contribution in [0.15, 0.2) is 35.1 Å². The van der Waals surface area contributed by atoms with Crippen molar-refractivity contribution in [1.29, 1.82) is 0 Å². The van der Waals surface area contributed by atoms with Gasteiger partial charge < -0.3 is 10.5 Å². The van der Waals surface area contributed by atoms with Gasteiger partial charge in [0.15, 0.2) is 0 Å². The summed E-state index contributed by atoms with van der Waals surface area (Å²) in [6, 6.07) is 0. The molecule has 0 bridgehead atoms. The number of ether oxygens (including phenoxy) is 1. The van der Waals surface area contributed by atoms with Crippen molar-refractivity contribution in [2.75, 3.05) is 6.54 Å². The van der Waals surface area contributed by atoms with Gasteiger partial charge in [0.2, 0.25) is 0 Å². The Morgan fingerprint density at radius 2 is 2.19 bits per heavy atom. The summed E-state index contributed by atoms with van der Waals surface area (Å²) < 4.78 is 5.73. The predicted octanol–water partition coefficient (Wildman–Crippen LogP) is 3.73. The lowest BCUT2D eigenvalue weighted by atomic mass is 10.2. The summed E-state index contributed by atoms with van der Waals surface area (Å²) in [4.78, 5) is 0. The van der Waals surface area contributed by atoms with Crippen molar-refractivity contribution in [3.8, 4) is 0 Å². The highest BCUT2D eigenvalue weighted by Crippen LogP contribution is 2.20. The zero-order valence-corrected chi connectivity index (χ0v) is 11.2. The Bertz CT molecular complexity index is 282. The summed E-state index contributed by atoms with van der Waals surface area (Å²) >= 11 is 6.12. The number of hydrogen-bond acceptors (Lipinski definition) is 2. The number of nitrogens with two attached hydrogens (primary N) is 1. The highest BCUT2D eigenvalue weighted by Gasteiger charge is 2.08. The molecular weight excluding hydrogens is 222 g/mol. The van der Waals surface area contributed by atoms with Gasteiger partial charge in [-0.05, 0) is 38.0 Å². The average molecular weight is 244 g/mol. The molecular formula is C13H22ClNO. The lowest BCUT2D eigenvalue weighted by molar-refractivity contribution is 0.131. The monoisotopic (exact) mass is 243 g/mol. The summed E-state index contributed by atoms with van der Waals surface area (Å²) in [5.41, 5.74) is 6.24. The molecule has 0 aliphatic carbocycles. The Labute approximate surface area is 104 Å². The molecule has 0 rings (SSSR count). The van der Waals surface area contributed by atoms with Crippen molar-refractivity contribution in [2.45, 2.75) is 39.7 Å². The summed E-state index contributed by atoms with van der Waals surface area (Å²) in [6.07, 6.45) is 5.88. The number of allylic oxidation sites excluding steroid dienone is 2. The van der Waals surface area contributed by atoms with Crippen molar-refractivity contribution < 1.29 is 4.74 Å². The fourth-order valence-electron chi connectivity index (χ4n) is 1.25. The lowest BCUT2D eigenvalue weighted by Gasteiger charge is -2.16. The van der Waals surface area contributed by atoms with E-state index in [1.807, 2.05) is 19.9 Å². The molecule has 0 aliphatic rings. The van der Waals surface area contributed by atoms with E-state index in [0.717, 1.165) is 18.4 Å². The number of halogens is 1. The van der Waals surface area contributed by atoms with E-state index in [4.69, 9.17) is 22.1 Å². The van der Waals surface area contributed by atoms with E-state index in [9.17, 15) is 0 Å². The molecule has 0 saturated carbocycles. The fourth-order valence-corrected chi connectivity index (χ4v) is 1.56. The second-order valence-corrected chi connectivity index (χ2v) is 4.13. The summed E-state index contributed by atoms with van der Waals surface area (Å²) in [5, 5.41) is 0.556.